The first-order chi connectivity index (χ1) is 9.57. The molecule has 2 rings (SSSR count). The summed E-state index contributed by atoms with van der Waals surface area (Å²) in [6, 6.07) is 6.35. The number of carbonyl (C=O) groups excluding carboxylic acids is 1. The van der Waals surface area contributed by atoms with Crippen molar-refractivity contribution in [2.75, 3.05) is 13.2 Å². The van der Waals surface area contributed by atoms with Gasteiger partial charge in [0.1, 0.15) is 11.2 Å². The minimum atomic E-state index is -1.03. The highest BCUT2D eigenvalue weighted by molar-refractivity contribution is 6.30. The molecule has 1 aliphatic rings. The molecule has 4 nitrogen and oxygen atoms in total. The van der Waals surface area contributed by atoms with Crippen LogP contribution in [0.4, 0.5) is 4.39 Å². The Morgan fingerprint density at radius 1 is 1.50 bits per heavy atom. The number of carbonyl (C=O) groups is 1. The molecule has 1 amide bonds. The van der Waals surface area contributed by atoms with E-state index in [1.54, 1.807) is 6.07 Å². The lowest BCUT2D eigenvalue weighted by Crippen LogP contribution is -2.43. The van der Waals surface area contributed by atoms with Crippen LogP contribution in [0.25, 0.3) is 0 Å². The van der Waals surface area contributed by atoms with Crippen LogP contribution in [-0.2, 0) is 16.1 Å². The lowest BCUT2D eigenvalue weighted by Gasteiger charge is -2.29. The van der Waals surface area contributed by atoms with Gasteiger partial charge in [-0.2, -0.15) is 5.26 Å². The molecule has 0 atom stereocenters. The number of nitrogens with one attached hydrogen (secondary N) is 1. The molecule has 0 unspecified atom stereocenters. The van der Waals surface area contributed by atoms with Gasteiger partial charge in [0.15, 0.2) is 0 Å². The highest BCUT2D eigenvalue weighted by Crippen LogP contribution is 2.30. The van der Waals surface area contributed by atoms with Crippen LogP contribution in [0.2, 0.25) is 5.02 Å². The molecule has 1 aromatic rings. The van der Waals surface area contributed by atoms with Crippen LogP contribution >= 0.6 is 11.6 Å². The molecule has 0 saturated carbocycles. The van der Waals surface area contributed by atoms with Gasteiger partial charge in [0.25, 0.3) is 0 Å². The zero-order valence-corrected chi connectivity index (χ0v) is 11.5. The lowest BCUT2D eigenvalue weighted by atomic mass is 9.81. The van der Waals surface area contributed by atoms with Gasteiger partial charge in [-0.1, -0.05) is 17.7 Å². The number of hydrogen-bond acceptors (Lipinski definition) is 3. The van der Waals surface area contributed by atoms with E-state index in [1.807, 2.05) is 0 Å². The van der Waals surface area contributed by atoms with Crippen LogP contribution in [0.15, 0.2) is 18.2 Å². The molecule has 0 radical (unpaired) electrons. The molecule has 0 bridgehead atoms. The van der Waals surface area contributed by atoms with Crippen molar-refractivity contribution in [1.82, 2.24) is 5.32 Å². The Morgan fingerprint density at radius 3 is 2.80 bits per heavy atom. The third-order valence-electron chi connectivity index (χ3n) is 3.43. The number of ether oxygens (including phenoxy) is 1. The van der Waals surface area contributed by atoms with E-state index < -0.39 is 11.2 Å². The summed E-state index contributed by atoms with van der Waals surface area (Å²) in [5.74, 6) is -0.816. The second-order valence-electron chi connectivity index (χ2n) is 4.74. The summed E-state index contributed by atoms with van der Waals surface area (Å²) in [6.45, 7) is 1.02. The Bertz CT molecular complexity index is 551. The predicted molar refractivity (Wildman–Crippen MR) is 71.4 cm³/mol. The molecular formula is C14H14ClFN2O2. The molecule has 1 saturated heterocycles. The second-order valence-corrected chi connectivity index (χ2v) is 5.14. The van der Waals surface area contributed by atoms with Crippen molar-refractivity contribution in [3.05, 3.63) is 34.6 Å². The van der Waals surface area contributed by atoms with Crippen LogP contribution < -0.4 is 5.32 Å². The largest absolute Gasteiger partial charge is 0.381 e. The minimum absolute atomic E-state index is 0.0119. The van der Waals surface area contributed by atoms with Crippen molar-refractivity contribution in [3.63, 3.8) is 0 Å². The highest BCUT2D eigenvalue weighted by atomic mass is 35.5. The number of nitriles is 1. The Balaban J connectivity index is 2.00. The molecular weight excluding hydrogens is 283 g/mol. The summed E-state index contributed by atoms with van der Waals surface area (Å²) in [7, 11) is 0. The minimum Gasteiger partial charge on any atom is -0.381 e. The number of rotatable bonds is 3. The topological polar surface area (TPSA) is 62.1 Å². The van der Waals surface area contributed by atoms with Gasteiger partial charge < -0.3 is 10.1 Å². The van der Waals surface area contributed by atoms with Gasteiger partial charge >= 0.3 is 0 Å². The molecule has 6 heteroatoms. The first-order valence-corrected chi connectivity index (χ1v) is 6.66. The van der Waals surface area contributed by atoms with Crippen molar-refractivity contribution in [2.24, 2.45) is 5.41 Å². The summed E-state index contributed by atoms with van der Waals surface area (Å²) in [4.78, 5) is 12.2. The van der Waals surface area contributed by atoms with Gasteiger partial charge in [0.2, 0.25) is 5.91 Å². The number of halogens is 2. The van der Waals surface area contributed by atoms with Crippen LogP contribution in [-0.4, -0.2) is 19.1 Å². The molecule has 106 valence electrons. The maximum atomic E-state index is 13.0. The van der Waals surface area contributed by atoms with Gasteiger partial charge in [-0.15, -0.1) is 0 Å². The van der Waals surface area contributed by atoms with Gasteiger partial charge in [0.05, 0.1) is 11.1 Å². The molecule has 1 aliphatic heterocycles. The third-order valence-corrected chi connectivity index (χ3v) is 3.72. The third kappa shape index (κ3) is 3.09. The first-order valence-electron chi connectivity index (χ1n) is 6.29. The second kappa shape index (κ2) is 6.21. The summed E-state index contributed by atoms with van der Waals surface area (Å²) >= 11 is 5.68. The molecule has 20 heavy (non-hydrogen) atoms. The van der Waals surface area contributed by atoms with Crippen molar-refractivity contribution >= 4 is 17.5 Å². The van der Waals surface area contributed by atoms with Crippen molar-refractivity contribution < 1.29 is 13.9 Å². The van der Waals surface area contributed by atoms with Gasteiger partial charge in [0, 0.05) is 19.8 Å². The van der Waals surface area contributed by atoms with Crippen molar-refractivity contribution in [3.8, 4) is 6.07 Å². The van der Waals surface area contributed by atoms with Crippen molar-refractivity contribution in [1.29, 1.82) is 5.26 Å². The van der Waals surface area contributed by atoms with E-state index in [0.29, 0.717) is 31.6 Å². The number of nitrogens with zero attached hydrogens (tertiary/aromatic N) is 1. The smallest absolute Gasteiger partial charge is 0.240 e. The fourth-order valence-electron chi connectivity index (χ4n) is 2.11. The SMILES string of the molecule is N#CC1(C(=O)NCc2ccc(F)c(Cl)c2)CCOCC1. The molecule has 0 aliphatic carbocycles. The van der Waals surface area contributed by atoms with Crippen LogP contribution in [0, 0.1) is 22.6 Å². The molecule has 1 fully saturated rings. The lowest BCUT2D eigenvalue weighted by molar-refractivity contribution is -0.132. The quantitative estimate of drug-likeness (QED) is 0.932. The molecule has 0 spiro atoms. The summed E-state index contributed by atoms with van der Waals surface area (Å²) in [6.07, 6.45) is 0.777. The standard InChI is InChI=1S/C14H14ClFN2O2/c15-11-7-10(1-2-12(11)16)8-18-13(19)14(9-17)3-5-20-6-4-14/h1-2,7H,3-6,8H2,(H,18,19). The molecule has 1 N–H and O–H groups in total. The van der Waals surface area contributed by atoms with Crippen molar-refractivity contribution in [2.45, 2.75) is 19.4 Å². The van der Waals surface area contributed by atoms with Gasteiger partial charge in [-0.05, 0) is 30.5 Å². The van der Waals surface area contributed by atoms with E-state index in [1.165, 1.54) is 12.1 Å². The Morgan fingerprint density at radius 2 is 2.20 bits per heavy atom. The van der Waals surface area contributed by atoms with E-state index >= 15 is 0 Å². The summed E-state index contributed by atoms with van der Waals surface area (Å²) in [5.41, 5.74) is -0.341. The average Bonchev–Trinajstić information content (AvgIpc) is 2.48. The fourth-order valence-corrected chi connectivity index (χ4v) is 2.31. The number of hydrogen-bond donors (Lipinski definition) is 1. The average molecular weight is 297 g/mol. The van der Waals surface area contributed by atoms with E-state index in [-0.39, 0.29) is 17.5 Å². The van der Waals surface area contributed by atoms with E-state index in [0.717, 1.165) is 0 Å². The summed E-state index contributed by atoms with van der Waals surface area (Å²) in [5, 5.41) is 12.0. The zero-order valence-electron chi connectivity index (χ0n) is 10.8. The Labute approximate surface area is 121 Å². The monoisotopic (exact) mass is 296 g/mol. The Kier molecular flexibility index (Phi) is 4.58. The Hall–Kier alpha value is -1.64. The van der Waals surface area contributed by atoms with Crippen LogP contribution in [0.1, 0.15) is 18.4 Å². The molecule has 1 aromatic carbocycles. The van der Waals surface area contributed by atoms with E-state index in [9.17, 15) is 14.4 Å². The number of benzene rings is 1. The van der Waals surface area contributed by atoms with Crippen LogP contribution in [0.3, 0.4) is 0 Å². The molecule has 1 heterocycles. The maximum absolute atomic E-state index is 13.0. The fraction of sp³-hybridized carbons (Fsp3) is 0.429. The first kappa shape index (κ1) is 14.8. The maximum Gasteiger partial charge on any atom is 0.240 e. The predicted octanol–water partition coefficient (Wildman–Crippen LogP) is 2.42. The number of amides is 1. The van der Waals surface area contributed by atoms with E-state index in [2.05, 4.69) is 11.4 Å². The molecule has 0 aromatic heterocycles. The summed E-state index contributed by atoms with van der Waals surface area (Å²) < 4.78 is 18.2. The van der Waals surface area contributed by atoms with Gasteiger partial charge in [-0.3, -0.25) is 4.79 Å². The van der Waals surface area contributed by atoms with Gasteiger partial charge in [-0.25, -0.2) is 4.39 Å². The zero-order chi connectivity index (χ0) is 14.6. The normalized spacial score (nSPS) is 17.2. The van der Waals surface area contributed by atoms with Crippen LogP contribution in [0.5, 0.6) is 0 Å². The highest BCUT2D eigenvalue weighted by Gasteiger charge is 2.40. The van der Waals surface area contributed by atoms with E-state index in [4.69, 9.17) is 16.3 Å².